The maximum atomic E-state index is 12.0. The third-order valence-electron chi connectivity index (χ3n) is 5.49. The maximum absolute atomic E-state index is 12.0. The van der Waals surface area contributed by atoms with Gasteiger partial charge in [0.15, 0.2) is 5.96 Å². The average Bonchev–Trinajstić information content (AvgIpc) is 3.21. The molecule has 3 rings (SSSR count). The lowest BCUT2D eigenvalue weighted by atomic mass is 9.98. The van der Waals surface area contributed by atoms with Crippen LogP contribution in [-0.2, 0) is 9.53 Å². The number of hydrogen-bond donors (Lipinski definition) is 1. The zero-order valence-corrected chi connectivity index (χ0v) is 19.9. The van der Waals surface area contributed by atoms with Crippen molar-refractivity contribution in [2.45, 2.75) is 31.2 Å². The fourth-order valence-electron chi connectivity index (χ4n) is 3.65. The van der Waals surface area contributed by atoms with E-state index in [1.54, 1.807) is 26.1 Å². The van der Waals surface area contributed by atoms with E-state index in [1.807, 2.05) is 12.1 Å². The van der Waals surface area contributed by atoms with Gasteiger partial charge in [0.1, 0.15) is 12.3 Å². The van der Waals surface area contributed by atoms with E-state index in [-0.39, 0.29) is 36.4 Å². The molecule has 0 aliphatic carbocycles. The first-order valence-electron chi connectivity index (χ1n) is 10.0. The molecule has 2 aliphatic rings. The fourth-order valence-corrected chi connectivity index (χ4v) is 3.65. The first-order chi connectivity index (χ1) is 13.6. The van der Waals surface area contributed by atoms with Gasteiger partial charge in [-0.25, -0.2) is 4.99 Å². The van der Waals surface area contributed by atoms with Gasteiger partial charge in [0, 0.05) is 52.4 Å². The summed E-state index contributed by atoms with van der Waals surface area (Å²) in [4.78, 5) is 20.6. The van der Waals surface area contributed by atoms with Crippen LogP contribution in [0.5, 0.6) is 5.75 Å². The first-order valence-corrected chi connectivity index (χ1v) is 10.0. The molecule has 1 aromatic rings. The second-order valence-corrected chi connectivity index (χ2v) is 7.66. The summed E-state index contributed by atoms with van der Waals surface area (Å²) in [7, 11) is 5.21. The highest BCUT2D eigenvalue weighted by atomic mass is 127. The Morgan fingerprint density at radius 1 is 1.24 bits per heavy atom. The molecule has 0 bridgehead atoms. The maximum Gasteiger partial charge on any atom is 0.243 e. The first kappa shape index (κ1) is 23.7. The van der Waals surface area contributed by atoms with Crippen LogP contribution in [-0.4, -0.2) is 81.8 Å². The average molecular weight is 516 g/mol. The number of nitrogens with one attached hydrogen (secondary N) is 1. The highest BCUT2D eigenvalue weighted by Gasteiger charge is 2.28. The molecule has 2 fully saturated rings. The van der Waals surface area contributed by atoms with Crippen molar-refractivity contribution in [1.82, 2.24) is 15.1 Å². The van der Waals surface area contributed by atoms with E-state index >= 15 is 0 Å². The summed E-state index contributed by atoms with van der Waals surface area (Å²) in [5.74, 6) is 2.19. The molecule has 1 N–H and O–H groups in total. The van der Waals surface area contributed by atoms with E-state index in [0.29, 0.717) is 12.0 Å². The molecule has 1 amide bonds. The smallest absolute Gasteiger partial charge is 0.243 e. The number of carbonyl (C=O) groups excluding carboxylic acids is 1. The minimum atomic E-state index is 0. The van der Waals surface area contributed by atoms with Gasteiger partial charge in [-0.3, -0.25) is 4.79 Å². The summed E-state index contributed by atoms with van der Waals surface area (Å²) >= 11 is 0. The molecular weight excluding hydrogens is 483 g/mol. The Balaban J connectivity index is 0.00000300. The van der Waals surface area contributed by atoms with Gasteiger partial charge in [0.05, 0.1) is 7.11 Å². The van der Waals surface area contributed by atoms with E-state index in [2.05, 4.69) is 27.3 Å². The van der Waals surface area contributed by atoms with Crippen LogP contribution in [0.1, 0.15) is 30.7 Å². The predicted octanol–water partition coefficient (Wildman–Crippen LogP) is 2.32. The van der Waals surface area contributed by atoms with Crippen LogP contribution in [0.25, 0.3) is 0 Å². The number of hydrogen-bond acceptors (Lipinski definition) is 4. The summed E-state index contributed by atoms with van der Waals surface area (Å²) in [5.41, 5.74) is 1.32. The fraction of sp³-hybridized carbons (Fsp3) is 0.619. The summed E-state index contributed by atoms with van der Waals surface area (Å²) in [6.07, 6.45) is 3.01. The van der Waals surface area contributed by atoms with Crippen molar-refractivity contribution in [2.75, 3.05) is 54.1 Å². The van der Waals surface area contributed by atoms with Gasteiger partial charge in [0.25, 0.3) is 0 Å². The molecule has 2 heterocycles. The molecule has 0 saturated carbocycles. The van der Waals surface area contributed by atoms with Gasteiger partial charge in [-0.2, -0.15) is 0 Å². The highest BCUT2D eigenvalue weighted by molar-refractivity contribution is 14.0. The van der Waals surface area contributed by atoms with Crippen LogP contribution in [0.15, 0.2) is 29.3 Å². The van der Waals surface area contributed by atoms with Crippen molar-refractivity contribution >= 4 is 35.8 Å². The summed E-state index contributed by atoms with van der Waals surface area (Å²) in [6, 6.07) is 8.67. The number of amides is 1. The molecule has 1 atom stereocenters. The zero-order chi connectivity index (χ0) is 19.9. The molecule has 8 heteroatoms. The van der Waals surface area contributed by atoms with Crippen LogP contribution in [0.4, 0.5) is 0 Å². The van der Waals surface area contributed by atoms with Crippen molar-refractivity contribution in [3.63, 3.8) is 0 Å². The van der Waals surface area contributed by atoms with Gasteiger partial charge >= 0.3 is 0 Å². The Bertz CT molecular complexity index is 675. The molecule has 1 aromatic carbocycles. The number of nitrogens with zero attached hydrogens (tertiary/aromatic N) is 3. The van der Waals surface area contributed by atoms with Crippen LogP contribution < -0.4 is 10.1 Å². The van der Waals surface area contributed by atoms with Crippen molar-refractivity contribution in [3.8, 4) is 5.75 Å². The molecule has 0 radical (unpaired) electrons. The zero-order valence-electron chi connectivity index (χ0n) is 17.6. The van der Waals surface area contributed by atoms with E-state index in [1.165, 1.54) is 5.56 Å². The largest absolute Gasteiger partial charge is 0.497 e. The van der Waals surface area contributed by atoms with E-state index in [9.17, 15) is 4.79 Å². The third-order valence-corrected chi connectivity index (χ3v) is 5.49. The minimum Gasteiger partial charge on any atom is -0.497 e. The number of likely N-dealkylation sites (N-methyl/N-ethyl adjacent to an activating group) is 1. The van der Waals surface area contributed by atoms with Gasteiger partial charge in [0.2, 0.25) is 5.91 Å². The Hall–Kier alpha value is -1.55. The number of ether oxygens (including phenoxy) is 2. The highest BCUT2D eigenvalue weighted by Crippen LogP contribution is 2.28. The Kier molecular flexibility index (Phi) is 9.48. The lowest BCUT2D eigenvalue weighted by Crippen LogP contribution is -2.47. The predicted molar refractivity (Wildman–Crippen MR) is 125 cm³/mol. The molecule has 29 heavy (non-hydrogen) atoms. The molecule has 0 spiro atoms. The Labute approximate surface area is 190 Å². The molecule has 7 nitrogen and oxygen atoms in total. The molecule has 162 valence electrons. The Morgan fingerprint density at radius 3 is 2.55 bits per heavy atom. The number of halogens is 1. The van der Waals surface area contributed by atoms with Gasteiger partial charge in [-0.15, -0.1) is 24.0 Å². The van der Waals surface area contributed by atoms with Crippen LogP contribution in [0.2, 0.25) is 0 Å². The van der Waals surface area contributed by atoms with E-state index in [4.69, 9.17) is 9.47 Å². The van der Waals surface area contributed by atoms with Crippen LogP contribution in [0.3, 0.4) is 0 Å². The second kappa shape index (κ2) is 11.6. The molecule has 1 unspecified atom stereocenters. The second-order valence-electron chi connectivity index (χ2n) is 7.66. The molecule has 2 saturated heterocycles. The topological polar surface area (TPSA) is 66.4 Å². The minimum absolute atomic E-state index is 0. The van der Waals surface area contributed by atoms with Crippen LogP contribution >= 0.6 is 24.0 Å². The van der Waals surface area contributed by atoms with Gasteiger partial charge in [-0.1, -0.05) is 12.1 Å². The van der Waals surface area contributed by atoms with Crippen LogP contribution in [0, 0.1) is 0 Å². The summed E-state index contributed by atoms with van der Waals surface area (Å²) < 4.78 is 10.7. The number of rotatable bonds is 5. The standard InChI is InChI=1S/C21H32N4O3.HI/c1-24(2)20(26)14-22-21(23-18-9-12-28-13-10-18)25-11-8-17(15-25)16-4-6-19(27-3)7-5-16;/h4-7,17-18H,8-15H2,1-3H3,(H,22,23);1H. The van der Waals surface area contributed by atoms with Crippen molar-refractivity contribution in [2.24, 2.45) is 4.99 Å². The number of likely N-dealkylation sites (tertiary alicyclic amines) is 1. The number of aliphatic imine (C=N–C) groups is 1. The van der Waals surface area contributed by atoms with Crippen molar-refractivity contribution in [1.29, 1.82) is 0 Å². The quantitative estimate of drug-likeness (QED) is 0.370. The number of methoxy groups -OCH3 is 1. The van der Waals surface area contributed by atoms with Gasteiger partial charge in [-0.05, 0) is 37.0 Å². The number of benzene rings is 1. The molecule has 2 aliphatic heterocycles. The lowest BCUT2D eigenvalue weighted by Gasteiger charge is -2.29. The van der Waals surface area contributed by atoms with E-state index in [0.717, 1.165) is 57.3 Å². The molecular formula is C21H33IN4O3. The number of carbonyl (C=O) groups is 1. The Morgan fingerprint density at radius 2 is 1.93 bits per heavy atom. The van der Waals surface area contributed by atoms with Crippen molar-refractivity contribution < 1.29 is 14.3 Å². The lowest BCUT2D eigenvalue weighted by molar-refractivity contribution is -0.127. The summed E-state index contributed by atoms with van der Waals surface area (Å²) in [6.45, 7) is 3.55. The third kappa shape index (κ3) is 6.74. The monoisotopic (exact) mass is 516 g/mol. The molecule has 0 aromatic heterocycles. The number of guanidine groups is 1. The van der Waals surface area contributed by atoms with Crippen molar-refractivity contribution in [3.05, 3.63) is 29.8 Å². The normalized spacial score (nSPS) is 20.2. The van der Waals surface area contributed by atoms with E-state index < -0.39 is 0 Å². The van der Waals surface area contributed by atoms with Gasteiger partial charge < -0.3 is 24.6 Å². The SMILES string of the molecule is COc1ccc(C2CCN(C(=NCC(=O)N(C)C)NC3CCOCC3)C2)cc1.I. The summed E-state index contributed by atoms with van der Waals surface area (Å²) in [5, 5.41) is 3.59.